The lowest BCUT2D eigenvalue weighted by Gasteiger charge is -2.12. The van der Waals surface area contributed by atoms with E-state index in [-0.39, 0.29) is 6.04 Å². The van der Waals surface area contributed by atoms with Crippen molar-refractivity contribution in [2.75, 3.05) is 0 Å². The van der Waals surface area contributed by atoms with Gasteiger partial charge in [0, 0.05) is 31.2 Å². The van der Waals surface area contributed by atoms with Crippen LogP contribution in [0.4, 0.5) is 0 Å². The van der Waals surface area contributed by atoms with Crippen LogP contribution in [-0.4, -0.2) is 19.5 Å². The number of imidazole rings is 2. The van der Waals surface area contributed by atoms with Crippen molar-refractivity contribution >= 4 is 0 Å². The summed E-state index contributed by atoms with van der Waals surface area (Å²) in [6.45, 7) is 2.94. The lowest BCUT2D eigenvalue weighted by Crippen LogP contribution is -2.20. The van der Waals surface area contributed by atoms with Crippen LogP contribution < -0.4 is 5.32 Å². The van der Waals surface area contributed by atoms with Gasteiger partial charge < -0.3 is 14.9 Å². The summed E-state index contributed by atoms with van der Waals surface area (Å²) < 4.78 is 2.28. The Hall–Kier alpha value is -1.62. The zero-order valence-electron chi connectivity index (χ0n) is 9.93. The van der Waals surface area contributed by atoms with Crippen LogP contribution in [0.5, 0.6) is 0 Å². The van der Waals surface area contributed by atoms with Gasteiger partial charge in [-0.2, -0.15) is 0 Å². The molecule has 0 spiro atoms. The third-order valence-corrected chi connectivity index (χ3v) is 3.21. The van der Waals surface area contributed by atoms with E-state index in [2.05, 4.69) is 31.8 Å². The summed E-state index contributed by atoms with van der Waals surface area (Å²) in [5.74, 6) is 0.975. The molecule has 0 aromatic carbocycles. The number of rotatable bonds is 5. The van der Waals surface area contributed by atoms with Crippen molar-refractivity contribution in [2.24, 2.45) is 0 Å². The van der Waals surface area contributed by atoms with Crippen molar-refractivity contribution in [3.05, 3.63) is 36.4 Å². The van der Waals surface area contributed by atoms with Gasteiger partial charge in [0.25, 0.3) is 0 Å². The Labute approximate surface area is 100 Å². The summed E-state index contributed by atoms with van der Waals surface area (Å²) in [6, 6.07) is 0.917. The molecular weight excluding hydrogens is 214 g/mol. The molecular formula is C12H17N5. The first-order valence-corrected chi connectivity index (χ1v) is 6.08. The van der Waals surface area contributed by atoms with Crippen molar-refractivity contribution in [3.63, 3.8) is 0 Å². The number of nitrogens with zero attached hydrogens (tertiary/aromatic N) is 3. The quantitative estimate of drug-likeness (QED) is 0.824. The van der Waals surface area contributed by atoms with Gasteiger partial charge in [-0.25, -0.2) is 9.97 Å². The standard InChI is InChI=1S/C12H17N5/c1-9(12-14-4-5-15-12)16-7-11-6-13-8-17(11)10-2-3-10/h4-6,8-10,16H,2-3,7H2,1H3,(H,14,15). The highest BCUT2D eigenvalue weighted by Gasteiger charge is 2.25. The Kier molecular flexibility index (Phi) is 2.68. The molecule has 0 amide bonds. The van der Waals surface area contributed by atoms with Crippen molar-refractivity contribution in [1.29, 1.82) is 0 Å². The van der Waals surface area contributed by atoms with Crippen LogP contribution in [0.15, 0.2) is 24.9 Å². The average molecular weight is 231 g/mol. The fourth-order valence-electron chi connectivity index (χ4n) is 2.02. The summed E-state index contributed by atoms with van der Waals surface area (Å²) in [6.07, 6.45) is 10.1. The SMILES string of the molecule is CC(NCc1cncn1C1CC1)c1ncc[nH]1. The summed E-state index contributed by atoms with van der Waals surface area (Å²) >= 11 is 0. The van der Waals surface area contributed by atoms with Crippen molar-refractivity contribution in [2.45, 2.75) is 38.4 Å². The number of nitrogens with one attached hydrogen (secondary N) is 2. The highest BCUT2D eigenvalue weighted by molar-refractivity contribution is 5.04. The van der Waals surface area contributed by atoms with Gasteiger partial charge in [-0.15, -0.1) is 0 Å². The van der Waals surface area contributed by atoms with Crippen LogP contribution in [0, 0.1) is 0 Å². The largest absolute Gasteiger partial charge is 0.347 e. The topological polar surface area (TPSA) is 58.5 Å². The molecule has 0 saturated heterocycles. The Balaban J connectivity index is 1.61. The van der Waals surface area contributed by atoms with Crippen molar-refractivity contribution in [3.8, 4) is 0 Å². The van der Waals surface area contributed by atoms with Crippen molar-refractivity contribution in [1.82, 2.24) is 24.8 Å². The summed E-state index contributed by atoms with van der Waals surface area (Å²) in [4.78, 5) is 11.6. The second kappa shape index (κ2) is 4.33. The lowest BCUT2D eigenvalue weighted by molar-refractivity contribution is 0.529. The molecule has 17 heavy (non-hydrogen) atoms. The van der Waals surface area contributed by atoms with E-state index in [0.29, 0.717) is 6.04 Å². The Morgan fingerprint density at radius 1 is 1.59 bits per heavy atom. The molecule has 5 heteroatoms. The number of aromatic amines is 1. The lowest BCUT2D eigenvalue weighted by atomic mass is 10.3. The molecule has 5 nitrogen and oxygen atoms in total. The Bertz CT molecular complexity index is 469. The van der Waals surface area contributed by atoms with E-state index >= 15 is 0 Å². The van der Waals surface area contributed by atoms with Gasteiger partial charge in [0.2, 0.25) is 0 Å². The van der Waals surface area contributed by atoms with E-state index in [1.165, 1.54) is 18.5 Å². The molecule has 2 aromatic heterocycles. The number of hydrogen-bond acceptors (Lipinski definition) is 3. The van der Waals surface area contributed by atoms with Crippen LogP contribution in [0.1, 0.15) is 43.4 Å². The number of hydrogen-bond donors (Lipinski definition) is 2. The second-order valence-electron chi connectivity index (χ2n) is 4.60. The van der Waals surface area contributed by atoms with Crippen LogP contribution in [0.3, 0.4) is 0 Å². The smallest absolute Gasteiger partial charge is 0.122 e. The maximum atomic E-state index is 4.25. The molecule has 1 atom stereocenters. The van der Waals surface area contributed by atoms with Gasteiger partial charge >= 0.3 is 0 Å². The van der Waals surface area contributed by atoms with E-state index in [1.54, 1.807) is 6.20 Å². The first-order valence-electron chi connectivity index (χ1n) is 6.08. The average Bonchev–Trinajstić information content (AvgIpc) is 2.87. The molecule has 0 bridgehead atoms. The van der Waals surface area contributed by atoms with Crippen LogP contribution in [0.25, 0.3) is 0 Å². The fraction of sp³-hybridized carbons (Fsp3) is 0.500. The first-order chi connectivity index (χ1) is 8.34. The molecule has 0 radical (unpaired) electrons. The monoisotopic (exact) mass is 231 g/mol. The molecule has 0 aliphatic heterocycles. The van der Waals surface area contributed by atoms with Crippen LogP contribution >= 0.6 is 0 Å². The maximum absolute atomic E-state index is 4.25. The molecule has 3 rings (SSSR count). The third-order valence-electron chi connectivity index (χ3n) is 3.21. The van der Waals surface area contributed by atoms with Gasteiger partial charge in [-0.05, 0) is 19.8 Å². The van der Waals surface area contributed by atoms with E-state index < -0.39 is 0 Å². The van der Waals surface area contributed by atoms with Crippen molar-refractivity contribution < 1.29 is 0 Å². The molecule has 1 aliphatic carbocycles. The second-order valence-corrected chi connectivity index (χ2v) is 4.60. The summed E-state index contributed by atoms with van der Waals surface area (Å²) in [5.41, 5.74) is 1.26. The van der Waals surface area contributed by atoms with E-state index in [4.69, 9.17) is 0 Å². The molecule has 2 N–H and O–H groups in total. The Morgan fingerprint density at radius 2 is 2.47 bits per heavy atom. The van der Waals surface area contributed by atoms with E-state index in [0.717, 1.165) is 12.4 Å². The third kappa shape index (κ3) is 2.24. The number of aromatic nitrogens is 4. The molecule has 1 saturated carbocycles. The summed E-state index contributed by atoms with van der Waals surface area (Å²) in [5, 5.41) is 3.46. The zero-order chi connectivity index (χ0) is 11.7. The van der Waals surface area contributed by atoms with E-state index in [9.17, 15) is 0 Å². The zero-order valence-corrected chi connectivity index (χ0v) is 9.93. The normalized spacial score (nSPS) is 17.2. The van der Waals surface area contributed by atoms with Crippen LogP contribution in [0.2, 0.25) is 0 Å². The maximum Gasteiger partial charge on any atom is 0.122 e. The fourth-order valence-corrected chi connectivity index (χ4v) is 2.02. The minimum absolute atomic E-state index is 0.229. The molecule has 2 aromatic rings. The molecule has 2 heterocycles. The molecule has 1 fully saturated rings. The summed E-state index contributed by atoms with van der Waals surface area (Å²) in [7, 11) is 0. The highest BCUT2D eigenvalue weighted by atomic mass is 15.1. The predicted molar refractivity (Wildman–Crippen MR) is 64.3 cm³/mol. The van der Waals surface area contributed by atoms with Gasteiger partial charge in [-0.1, -0.05) is 0 Å². The molecule has 1 aliphatic rings. The van der Waals surface area contributed by atoms with E-state index in [1.807, 2.05) is 18.7 Å². The number of H-pyrrole nitrogens is 1. The highest BCUT2D eigenvalue weighted by Crippen LogP contribution is 2.35. The van der Waals surface area contributed by atoms with Crippen LogP contribution in [-0.2, 0) is 6.54 Å². The predicted octanol–water partition coefficient (Wildman–Crippen LogP) is 1.79. The van der Waals surface area contributed by atoms with Gasteiger partial charge in [0.1, 0.15) is 5.82 Å². The minimum atomic E-state index is 0.229. The molecule has 1 unspecified atom stereocenters. The molecule has 90 valence electrons. The van der Waals surface area contributed by atoms with Gasteiger partial charge in [-0.3, -0.25) is 0 Å². The van der Waals surface area contributed by atoms with Gasteiger partial charge in [0.05, 0.1) is 18.1 Å². The minimum Gasteiger partial charge on any atom is -0.347 e. The van der Waals surface area contributed by atoms with Gasteiger partial charge in [0.15, 0.2) is 0 Å². The first kappa shape index (κ1) is 10.5. The Morgan fingerprint density at radius 3 is 3.18 bits per heavy atom.